The van der Waals surface area contributed by atoms with Gasteiger partial charge < -0.3 is 0 Å². The maximum atomic E-state index is 12.1. The molecule has 0 atom stereocenters. The van der Waals surface area contributed by atoms with Crippen molar-refractivity contribution < 1.29 is 4.79 Å². The van der Waals surface area contributed by atoms with E-state index in [2.05, 4.69) is 35.7 Å². The van der Waals surface area contributed by atoms with Gasteiger partial charge in [-0.1, -0.05) is 49.4 Å². The zero-order valence-corrected chi connectivity index (χ0v) is 13.8. The molecule has 0 radical (unpaired) electrons. The van der Waals surface area contributed by atoms with Gasteiger partial charge in [0.05, 0.1) is 12.6 Å². The van der Waals surface area contributed by atoms with E-state index in [9.17, 15) is 4.79 Å². The van der Waals surface area contributed by atoms with Gasteiger partial charge in [0.1, 0.15) is 0 Å². The molecule has 3 rings (SSSR count). The summed E-state index contributed by atoms with van der Waals surface area (Å²) in [4.78, 5) is 14.4. The van der Waals surface area contributed by atoms with Crippen molar-refractivity contribution in [1.82, 2.24) is 5.43 Å². The molecule has 116 valence electrons. The van der Waals surface area contributed by atoms with Crippen LogP contribution in [0, 0.1) is 0 Å². The van der Waals surface area contributed by atoms with Crippen LogP contribution in [-0.4, -0.2) is 12.1 Å². The first-order valence-corrected chi connectivity index (χ1v) is 8.45. The molecule has 3 aromatic rings. The van der Waals surface area contributed by atoms with Crippen LogP contribution in [0.25, 0.3) is 10.8 Å². The molecule has 4 heteroatoms. The number of rotatable bonds is 5. The minimum atomic E-state index is -0.107. The van der Waals surface area contributed by atoms with Gasteiger partial charge in [-0.3, -0.25) is 4.79 Å². The molecule has 0 spiro atoms. The topological polar surface area (TPSA) is 41.5 Å². The number of amides is 1. The summed E-state index contributed by atoms with van der Waals surface area (Å²) in [7, 11) is 0. The third-order valence-corrected chi connectivity index (χ3v) is 4.81. The van der Waals surface area contributed by atoms with Gasteiger partial charge in [-0.2, -0.15) is 5.10 Å². The Kier molecular flexibility index (Phi) is 4.83. The zero-order valence-electron chi connectivity index (χ0n) is 13.0. The molecule has 2 aromatic carbocycles. The average Bonchev–Trinajstić information content (AvgIpc) is 3.03. The Bertz CT molecular complexity index is 846. The molecule has 0 saturated carbocycles. The van der Waals surface area contributed by atoms with Gasteiger partial charge in [-0.05, 0) is 34.9 Å². The van der Waals surface area contributed by atoms with Crippen molar-refractivity contribution in [2.75, 3.05) is 0 Å². The molecule has 1 N–H and O–H groups in total. The minimum absolute atomic E-state index is 0.107. The Balaban J connectivity index is 1.64. The standard InChI is InChI=1S/C19H18N2OS/c1-2-16-10-11-17(23-16)13-20-21-19(22)12-15-8-5-7-14-6-3-4-9-18(14)15/h3-11,13H,2,12H2,1H3,(H,21,22)/b20-13+. The van der Waals surface area contributed by atoms with Crippen molar-refractivity contribution in [3.05, 3.63) is 69.9 Å². The lowest BCUT2D eigenvalue weighted by Crippen LogP contribution is -2.19. The highest BCUT2D eigenvalue weighted by molar-refractivity contribution is 7.13. The predicted molar refractivity (Wildman–Crippen MR) is 97.1 cm³/mol. The Hall–Kier alpha value is -2.46. The summed E-state index contributed by atoms with van der Waals surface area (Å²) >= 11 is 1.69. The maximum Gasteiger partial charge on any atom is 0.244 e. The second-order valence-electron chi connectivity index (χ2n) is 5.27. The SMILES string of the molecule is CCc1ccc(/C=N/NC(=O)Cc2cccc3ccccc23)s1. The van der Waals surface area contributed by atoms with Crippen LogP contribution < -0.4 is 5.43 Å². The van der Waals surface area contributed by atoms with Crippen molar-refractivity contribution >= 4 is 34.2 Å². The average molecular weight is 322 g/mol. The summed E-state index contributed by atoms with van der Waals surface area (Å²) in [6, 6.07) is 18.2. The molecule has 0 fully saturated rings. The van der Waals surface area contributed by atoms with Crippen LogP contribution in [0.1, 0.15) is 22.2 Å². The third-order valence-electron chi connectivity index (χ3n) is 3.64. The fraction of sp³-hybridized carbons (Fsp3) is 0.158. The summed E-state index contributed by atoms with van der Waals surface area (Å²) in [6.07, 6.45) is 3.04. The van der Waals surface area contributed by atoms with Gasteiger partial charge in [-0.15, -0.1) is 11.3 Å². The van der Waals surface area contributed by atoms with Crippen molar-refractivity contribution in [3.63, 3.8) is 0 Å². The molecule has 0 bridgehead atoms. The Morgan fingerprint density at radius 2 is 1.96 bits per heavy atom. The molecule has 1 aromatic heterocycles. The number of nitrogens with zero attached hydrogens (tertiary/aromatic N) is 1. The van der Waals surface area contributed by atoms with Crippen LogP contribution in [0.4, 0.5) is 0 Å². The Labute approximate surface area is 139 Å². The predicted octanol–water partition coefficient (Wildman–Crippen LogP) is 4.16. The highest BCUT2D eigenvalue weighted by Gasteiger charge is 2.05. The lowest BCUT2D eigenvalue weighted by Gasteiger charge is -2.05. The number of hydrazone groups is 1. The Morgan fingerprint density at radius 3 is 2.78 bits per heavy atom. The highest BCUT2D eigenvalue weighted by Crippen LogP contribution is 2.19. The fourth-order valence-electron chi connectivity index (χ4n) is 2.48. The van der Waals surface area contributed by atoms with Gasteiger partial charge in [0.15, 0.2) is 0 Å². The molecule has 0 unspecified atom stereocenters. The number of fused-ring (bicyclic) bond motifs is 1. The first kappa shape index (κ1) is 15.4. The normalized spacial score (nSPS) is 11.2. The molecule has 23 heavy (non-hydrogen) atoms. The number of aryl methyl sites for hydroxylation is 1. The number of carbonyl (C=O) groups excluding carboxylic acids is 1. The van der Waals surface area contributed by atoms with Gasteiger partial charge >= 0.3 is 0 Å². The quantitative estimate of drug-likeness (QED) is 0.556. The van der Waals surface area contributed by atoms with Crippen molar-refractivity contribution in [2.24, 2.45) is 5.10 Å². The van der Waals surface area contributed by atoms with E-state index in [1.165, 1.54) is 4.88 Å². The van der Waals surface area contributed by atoms with E-state index in [1.54, 1.807) is 17.6 Å². The van der Waals surface area contributed by atoms with Crippen LogP contribution in [0.5, 0.6) is 0 Å². The number of nitrogens with one attached hydrogen (secondary N) is 1. The van der Waals surface area contributed by atoms with E-state index in [1.807, 2.05) is 36.4 Å². The first-order chi connectivity index (χ1) is 11.3. The molecule has 0 aliphatic carbocycles. The molecular weight excluding hydrogens is 304 g/mol. The lowest BCUT2D eigenvalue weighted by atomic mass is 10.0. The lowest BCUT2D eigenvalue weighted by molar-refractivity contribution is -0.120. The smallest absolute Gasteiger partial charge is 0.244 e. The molecule has 0 aliphatic rings. The summed E-state index contributed by atoms with van der Waals surface area (Å²) in [6.45, 7) is 2.12. The largest absolute Gasteiger partial charge is 0.273 e. The van der Waals surface area contributed by atoms with Crippen LogP contribution in [-0.2, 0) is 17.6 Å². The van der Waals surface area contributed by atoms with Gasteiger partial charge in [0.2, 0.25) is 5.91 Å². The number of hydrogen-bond donors (Lipinski definition) is 1. The zero-order chi connectivity index (χ0) is 16.1. The van der Waals surface area contributed by atoms with Crippen LogP contribution >= 0.6 is 11.3 Å². The van der Waals surface area contributed by atoms with Gasteiger partial charge in [0, 0.05) is 9.75 Å². The molecule has 1 heterocycles. The van der Waals surface area contributed by atoms with E-state index >= 15 is 0 Å². The van der Waals surface area contributed by atoms with Crippen LogP contribution in [0.3, 0.4) is 0 Å². The number of benzene rings is 2. The molecule has 0 saturated heterocycles. The summed E-state index contributed by atoms with van der Waals surface area (Å²) < 4.78 is 0. The van der Waals surface area contributed by atoms with Crippen LogP contribution in [0.2, 0.25) is 0 Å². The minimum Gasteiger partial charge on any atom is -0.273 e. The van der Waals surface area contributed by atoms with Crippen molar-refractivity contribution in [1.29, 1.82) is 0 Å². The first-order valence-electron chi connectivity index (χ1n) is 7.63. The number of hydrogen-bond acceptors (Lipinski definition) is 3. The monoisotopic (exact) mass is 322 g/mol. The number of carbonyl (C=O) groups is 1. The van der Waals surface area contributed by atoms with Crippen molar-refractivity contribution in [3.8, 4) is 0 Å². The highest BCUT2D eigenvalue weighted by atomic mass is 32.1. The van der Waals surface area contributed by atoms with E-state index < -0.39 is 0 Å². The molecule has 1 amide bonds. The molecule has 0 aliphatic heterocycles. The third kappa shape index (κ3) is 3.85. The second kappa shape index (κ2) is 7.20. The molecule has 3 nitrogen and oxygen atoms in total. The summed E-state index contributed by atoms with van der Waals surface area (Å²) in [5.41, 5.74) is 3.62. The van der Waals surface area contributed by atoms with Gasteiger partial charge in [-0.25, -0.2) is 5.43 Å². The van der Waals surface area contributed by atoms with E-state index in [4.69, 9.17) is 0 Å². The van der Waals surface area contributed by atoms with E-state index in [0.29, 0.717) is 6.42 Å². The Morgan fingerprint density at radius 1 is 1.13 bits per heavy atom. The maximum absolute atomic E-state index is 12.1. The fourth-order valence-corrected chi connectivity index (χ4v) is 3.31. The van der Waals surface area contributed by atoms with Crippen LogP contribution in [0.15, 0.2) is 59.7 Å². The number of thiophene rings is 1. The molecular formula is C19H18N2OS. The van der Waals surface area contributed by atoms with E-state index in [0.717, 1.165) is 27.6 Å². The van der Waals surface area contributed by atoms with Gasteiger partial charge in [0.25, 0.3) is 0 Å². The van der Waals surface area contributed by atoms with E-state index in [-0.39, 0.29) is 5.91 Å². The second-order valence-corrected chi connectivity index (χ2v) is 6.47. The summed E-state index contributed by atoms with van der Waals surface area (Å²) in [5.74, 6) is -0.107. The van der Waals surface area contributed by atoms with Crippen molar-refractivity contribution in [2.45, 2.75) is 19.8 Å². The summed E-state index contributed by atoms with van der Waals surface area (Å²) in [5, 5.41) is 6.31.